The first kappa shape index (κ1) is 41.1. The first-order valence-corrected chi connectivity index (χ1v) is 25.2. The zero-order valence-corrected chi connectivity index (χ0v) is 40.1. The Labute approximate surface area is 428 Å². The number of hydrogen-bond donors (Lipinski definition) is 0. The second kappa shape index (κ2) is 15.5. The average Bonchev–Trinajstić information content (AvgIpc) is 4.41. The van der Waals surface area contributed by atoms with Crippen LogP contribution in [0.2, 0.25) is 0 Å². The lowest BCUT2D eigenvalue weighted by Gasteiger charge is -2.27. The minimum absolute atomic E-state index is 0.266. The molecule has 7 nitrogen and oxygen atoms in total. The van der Waals surface area contributed by atoms with E-state index in [0.29, 0.717) is 11.4 Å². The number of nitriles is 2. The molecule has 346 valence electrons. The summed E-state index contributed by atoms with van der Waals surface area (Å²) in [5.74, 6) is 0. The molecule has 0 amide bonds. The van der Waals surface area contributed by atoms with Gasteiger partial charge in [-0.15, -0.1) is 0 Å². The van der Waals surface area contributed by atoms with Gasteiger partial charge in [0.15, 0.2) is 0 Å². The van der Waals surface area contributed by atoms with Crippen molar-refractivity contribution in [3.8, 4) is 40.6 Å². The molecule has 0 radical (unpaired) electrons. The van der Waals surface area contributed by atoms with E-state index in [-0.39, 0.29) is 11.1 Å². The van der Waals surface area contributed by atoms with Gasteiger partial charge in [-0.2, -0.15) is 10.5 Å². The maximum absolute atomic E-state index is 12.4. The van der Waals surface area contributed by atoms with Crippen LogP contribution in [0.15, 0.2) is 237 Å². The van der Waals surface area contributed by atoms with Crippen molar-refractivity contribution in [2.24, 2.45) is 0 Å². The summed E-state index contributed by atoms with van der Waals surface area (Å²) in [7, 11) is 0. The van der Waals surface area contributed by atoms with Crippen molar-refractivity contribution < 1.29 is 0 Å². The summed E-state index contributed by atoms with van der Waals surface area (Å²) < 4.78 is 11.7. The fourth-order valence-electron chi connectivity index (χ4n) is 12.9. The zero-order valence-electron chi connectivity index (χ0n) is 40.1. The van der Waals surface area contributed by atoms with Gasteiger partial charge >= 0.3 is 0 Å². The van der Waals surface area contributed by atoms with Gasteiger partial charge < -0.3 is 22.8 Å². The van der Waals surface area contributed by atoms with Crippen LogP contribution in [0.25, 0.3) is 137 Å². The highest BCUT2D eigenvalue weighted by Gasteiger charge is 2.35. The fraction of sp³-hybridized carbons (Fsp3) is 0. The molecule has 0 spiro atoms. The van der Waals surface area contributed by atoms with Gasteiger partial charge in [0.2, 0.25) is 0 Å². The third-order valence-corrected chi connectivity index (χ3v) is 15.7. The van der Waals surface area contributed by atoms with Crippen LogP contribution >= 0.6 is 0 Å². The van der Waals surface area contributed by atoms with Crippen LogP contribution < -0.4 is 0 Å². The molecule has 0 aliphatic heterocycles. The van der Waals surface area contributed by atoms with E-state index in [0.717, 1.165) is 126 Å². The Morgan fingerprint density at radius 1 is 0.227 bits per heavy atom. The Morgan fingerprint density at radius 3 is 0.880 bits per heavy atom. The summed E-state index contributed by atoms with van der Waals surface area (Å²) in [6.07, 6.45) is 0. The molecule has 0 bridgehead atoms. The summed E-state index contributed by atoms with van der Waals surface area (Å²) in [6, 6.07) is 88.9. The lowest BCUT2D eigenvalue weighted by molar-refractivity contribution is 1.01. The van der Waals surface area contributed by atoms with Crippen molar-refractivity contribution in [1.82, 2.24) is 22.8 Å². The number of para-hydroxylation sites is 9. The van der Waals surface area contributed by atoms with E-state index < -0.39 is 0 Å². The van der Waals surface area contributed by atoms with E-state index in [1.807, 2.05) is 0 Å². The maximum Gasteiger partial charge on any atom is 0.103 e. The molecule has 16 rings (SSSR count). The molecule has 0 saturated carbocycles. The van der Waals surface area contributed by atoms with E-state index in [9.17, 15) is 10.5 Å². The molecule has 0 saturated heterocycles. The highest BCUT2D eigenvalue weighted by Crippen LogP contribution is 2.50. The second-order valence-electron chi connectivity index (χ2n) is 19.4. The SMILES string of the molecule is N#Cc1c(C#N)c(-n2c3ccccc3c3c2ccc2c4ccccc4n(-c4ccccc4)c23)c(-n2c3ccccc3c3ccccc32)c(-n2c3ccccc3c3ccccc32)c1-n1c2ccccc2c2ccccc21. The number of rotatable bonds is 5. The molecule has 75 heavy (non-hydrogen) atoms. The molecule has 5 heterocycles. The average molecular weight is 954 g/mol. The molecular formula is C68H39N7. The number of fused-ring (bicyclic) bond motifs is 16. The third kappa shape index (κ3) is 5.40. The molecule has 0 atom stereocenters. The van der Waals surface area contributed by atoms with Crippen molar-refractivity contribution in [3.63, 3.8) is 0 Å². The van der Waals surface area contributed by atoms with E-state index in [4.69, 9.17) is 0 Å². The largest absolute Gasteiger partial charge is 0.309 e. The van der Waals surface area contributed by atoms with Crippen molar-refractivity contribution >= 4 is 109 Å². The van der Waals surface area contributed by atoms with Crippen LogP contribution in [0.5, 0.6) is 0 Å². The van der Waals surface area contributed by atoms with Crippen LogP contribution in [0.4, 0.5) is 0 Å². The lowest BCUT2D eigenvalue weighted by atomic mass is 9.98. The van der Waals surface area contributed by atoms with Crippen LogP contribution in [0.3, 0.4) is 0 Å². The smallest absolute Gasteiger partial charge is 0.103 e. The number of benzene rings is 11. The molecule has 16 aromatic rings. The molecular weight excluding hydrogens is 915 g/mol. The van der Waals surface area contributed by atoms with E-state index in [1.165, 1.54) is 0 Å². The van der Waals surface area contributed by atoms with Gasteiger partial charge in [-0.25, -0.2) is 0 Å². The highest BCUT2D eigenvalue weighted by atomic mass is 15.1. The van der Waals surface area contributed by atoms with Gasteiger partial charge in [-0.05, 0) is 66.7 Å². The van der Waals surface area contributed by atoms with Crippen LogP contribution in [-0.2, 0) is 0 Å². The van der Waals surface area contributed by atoms with Gasteiger partial charge in [-0.3, -0.25) is 0 Å². The van der Waals surface area contributed by atoms with E-state index >= 15 is 0 Å². The Kier molecular flexibility index (Phi) is 8.46. The molecule has 7 heteroatoms. The molecule has 0 fully saturated rings. The standard InChI is InChI=1S/C68H39N7/c69-40-52-53(41-70)66(75-61-37-19-11-29-51(61)63-62(75)39-38-50-49-28-10-12-30-54(49)71(64(50)63)42-20-2-1-3-21-42)68(74-59-35-17-8-26-47(59)48-27-9-18-36-60(48)74)67(73-57-33-15-6-24-45(57)46-25-7-16-34-58(46)73)65(52)72-55-31-13-4-22-43(55)44-23-5-14-32-56(44)72/h1-39H. The maximum atomic E-state index is 12.4. The molecule has 0 unspecified atom stereocenters. The number of nitrogens with zero attached hydrogens (tertiary/aromatic N) is 7. The first-order chi connectivity index (χ1) is 37.2. The Hall–Kier alpha value is -10.6. The Balaban J connectivity index is 1.23. The first-order valence-electron chi connectivity index (χ1n) is 25.2. The molecule has 0 aliphatic carbocycles. The lowest BCUT2D eigenvalue weighted by Crippen LogP contribution is -2.17. The van der Waals surface area contributed by atoms with Crippen molar-refractivity contribution in [2.45, 2.75) is 0 Å². The monoisotopic (exact) mass is 953 g/mol. The number of hydrogen-bond acceptors (Lipinski definition) is 2. The van der Waals surface area contributed by atoms with Gasteiger partial charge in [0, 0.05) is 59.5 Å². The summed E-state index contributed by atoms with van der Waals surface area (Å²) in [5.41, 5.74) is 14.0. The van der Waals surface area contributed by atoms with E-state index in [2.05, 4.69) is 272 Å². The topological polar surface area (TPSA) is 72.2 Å². The minimum atomic E-state index is 0.266. The van der Waals surface area contributed by atoms with Crippen molar-refractivity contribution in [2.75, 3.05) is 0 Å². The number of aromatic nitrogens is 5. The summed E-state index contributed by atoms with van der Waals surface area (Å²) >= 11 is 0. The highest BCUT2D eigenvalue weighted by molar-refractivity contribution is 6.27. The van der Waals surface area contributed by atoms with Crippen molar-refractivity contribution in [3.05, 3.63) is 248 Å². The predicted octanol–water partition coefficient (Wildman–Crippen LogP) is 16.9. The Morgan fingerprint density at radius 2 is 0.507 bits per heavy atom. The summed E-state index contributed by atoms with van der Waals surface area (Å²) in [4.78, 5) is 0. The summed E-state index contributed by atoms with van der Waals surface area (Å²) in [6.45, 7) is 0. The molecule has 0 N–H and O–H groups in total. The van der Waals surface area contributed by atoms with Crippen LogP contribution in [0, 0.1) is 22.7 Å². The molecule has 0 aliphatic rings. The predicted molar refractivity (Wildman–Crippen MR) is 308 cm³/mol. The summed E-state index contributed by atoms with van der Waals surface area (Å²) in [5, 5.41) is 35.4. The second-order valence-corrected chi connectivity index (χ2v) is 19.4. The normalized spacial score (nSPS) is 12.0. The van der Waals surface area contributed by atoms with Gasteiger partial charge in [0.05, 0.1) is 89.0 Å². The van der Waals surface area contributed by atoms with Gasteiger partial charge in [-0.1, -0.05) is 170 Å². The Bertz CT molecular complexity index is 5060. The van der Waals surface area contributed by atoms with Crippen LogP contribution in [0.1, 0.15) is 11.1 Å². The zero-order chi connectivity index (χ0) is 49.5. The molecule has 11 aromatic carbocycles. The minimum Gasteiger partial charge on any atom is -0.309 e. The van der Waals surface area contributed by atoms with Gasteiger partial charge in [0.1, 0.15) is 12.1 Å². The van der Waals surface area contributed by atoms with Crippen LogP contribution in [-0.4, -0.2) is 22.8 Å². The fourth-order valence-corrected chi connectivity index (χ4v) is 12.9. The third-order valence-electron chi connectivity index (χ3n) is 15.7. The van der Waals surface area contributed by atoms with Crippen molar-refractivity contribution in [1.29, 1.82) is 10.5 Å². The molecule has 5 aromatic heterocycles. The van der Waals surface area contributed by atoms with Gasteiger partial charge in [0.25, 0.3) is 0 Å². The quantitative estimate of drug-likeness (QED) is 0.172. The van der Waals surface area contributed by atoms with E-state index in [1.54, 1.807) is 0 Å².